The van der Waals surface area contributed by atoms with Gasteiger partial charge in [-0.25, -0.2) is 4.79 Å². The predicted octanol–water partition coefficient (Wildman–Crippen LogP) is 3.81. The number of thiophene rings is 1. The molecule has 2 amide bonds. The van der Waals surface area contributed by atoms with Gasteiger partial charge in [-0.2, -0.15) is 0 Å². The Balaban J connectivity index is 1.21. The Bertz CT molecular complexity index is 906. The Hall–Kier alpha value is -1.87. The number of amidine groups is 1. The molecule has 1 atom stereocenters. The molecular weight excluding hydrogens is 434 g/mol. The van der Waals surface area contributed by atoms with E-state index in [1.165, 1.54) is 42.4 Å². The van der Waals surface area contributed by atoms with E-state index in [1.807, 2.05) is 0 Å². The lowest BCUT2D eigenvalue weighted by Gasteiger charge is -2.55. The SMILES string of the molecule is CCOC(=O)c1ccsc1NC(=O)CC1SC(=NC23CC4CC(CC(C4)C2)C3)NC1=O. The van der Waals surface area contributed by atoms with E-state index >= 15 is 0 Å². The summed E-state index contributed by atoms with van der Waals surface area (Å²) in [4.78, 5) is 42.1. The smallest absolute Gasteiger partial charge is 0.341 e. The average Bonchev–Trinajstić information content (AvgIpc) is 3.27. The number of carbonyl (C=O) groups excluding carboxylic acids is 3. The van der Waals surface area contributed by atoms with Gasteiger partial charge in [-0.05, 0) is 74.6 Å². The zero-order valence-electron chi connectivity index (χ0n) is 17.5. The quantitative estimate of drug-likeness (QED) is 0.628. The molecule has 0 radical (unpaired) electrons. The number of esters is 1. The molecule has 4 aliphatic carbocycles. The van der Waals surface area contributed by atoms with Gasteiger partial charge in [-0.3, -0.25) is 14.6 Å². The second-order valence-corrected chi connectivity index (χ2v) is 11.4. The first-order valence-electron chi connectivity index (χ1n) is 11.0. The summed E-state index contributed by atoms with van der Waals surface area (Å²) >= 11 is 2.63. The molecule has 9 heteroatoms. The Morgan fingerprint density at radius 3 is 2.55 bits per heavy atom. The van der Waals surface area contributed by atoms with Crippen LogP contribution in [0.15, 0.2) is 16.4 Å². The van der Waals surface area contributed by atoms with Crippen LogP contribution >= 0.6 is 23.1 Å². The number of carbonyl (C=O) groups is 3. The number of thioether (sulfide) groups is 1. The standard InChI is InChI=1S/C22H27N3O4S2/c1-2-29-20(28)15-3-4-30-19(15)23-17(26)8-16-18(27)24-21(31-16)25-22-9-12-5-13(10-22)7-14(6-12)11-22/h3-4,12-14,16H,2,5-11H2,1H3,(H,23,26)(H,24,25,27). The molecule has 5 fully saturated rings. The zero-order valence-corrected chi connectivity index (χ0v) is 19.2. The van der Waals surface area contributed by atoms with E-state index in [0.717, 1.165) is 37.0 Å². The second-order valence-electron chi connectivity index (χ2n) is 9.29. The van der Waals surface area contributed by atoms with E-state index in [0.29, 0.717) is 15.7 Å². The van der Waals surface area contributed by atoms with Crippen LogP contribution in [0.5, 0.6) is 0 Å². The molecule has 1 unspecified atom stereocenters. The minimum absolute atomic E-state index is 0.00692. The molecule has 2 heterocycles. The van der Waals surface area contributed by atoms with Crippen molar-refractivity contribution in [2.75, 3.05) is 11.9 Å². The summed E-state index contributed by atoms with van der Waals surface area (Å²) < 4.78 is 5.02. The highest BCUT2D eigenvalue weighted by molar-refractivity contribution is 8.15. The van der Waals surface area contributed by atoms with Crippen molar-refractivity contribution >= 4 is 51.1 Å². The van der Waals surface area contributed by atoms with E-state index in [1.54, 1.807) is 18.4 Å². The molecule has 4 bridgehead atoms. The highest BCUT2D eigenvalue weighted by Gasteiger charge is 2.51. The third-order valence-corrected chi connectivity index (χ3v) is 8.82. The molecule has 1 aromatic rings. The first-order chi connectivity index (χ1) is 14.9. The van der Waals surface area contributed by atoms with Crippen LogP contribution in [0.1, 0.15) is 62.2 Å². The first-order valence-corrected chi connectivity index (χ1v) is 12.8. The van der Waals surface area contributed by atoms with Crippen molar-refractivity contribution in [2.24, 2.45) is 22.7 Å². The van der Waals surface area contributed by atoms with Crippen LogP contribution in [-0.2, 0) is 14.3 Å². The molecule has 7 nitrogen and oxygen atoms in total. The van der Waals surface area contributed by atoms with Gasteiger partial charge in [0, 0.05) is 6.42 Å². The topological polar surface area (TPSA) is 96.9 Å². The molecule has 0 aromatic carbocycles. The Labute approximate surface area is 189 Å². The normalized spacial score (nSPS) is 34.7. The van der Waals surface area contributed by atoms with Gasteiger partial charge in [0.05, 0.1) is 17.7 Å². The van der Waals surface area contributed by atoms with Gasteiger partial charge >= 0.3 is 5.97 Å². The lowest BCUT2D eigenvalue weighted by Crippen LogP contribution is -2.50. The third-order valence-electron chi connectivity index (χ3n) is 6.91. The summed E-state index contributed by atoms with van der Waals surface area (Å²) in [6, 6.07) is 1.63. The summed E-state index contributed by atoms with van der Waals surface area (Å²) in [5, 5.41) is 8.03. The predicted molar refractivity (Wildman–Crippen MR) is 121 cm³/mol. The average molecular weight is 462 g/mol. The summed E-state index contributed by atoms with van der Waals surface area (Å²) in [7, 11) is 0. The Kier molecular flexibility index (Phi) is 5.58. The molecule has 6 rings (SSSR count). The third kappa shape index (κ3) is 4.26. The molecule has 31 heavy (non-hydrogen) atoms. The molecule has 4 saturated carbocycles. The van der Waals surface area contributed by atoms with E-state index < -0.39 is 11.2 Å². The maximum atomic E-state index is 12.6. The number of nitrogens with zero attached hydrogens (tertiary/aromatic N) is 1. The van der Waals surface area contributed by atoms with Crippen LogP contribution in [0.2, 0.25) is 0 Å². The van der Waals surface area contributed by atoms with Gasteiger partial charge < -0.3 is 15.4 Å². The molecule has 2 N–H and O–H groups in total. The molecule has 1 saturated heterocycles. The van der Waals surface area contributed by atoms with Crippen LogP contribution in [0.25, 0.3) is 0 Å². The number of anilines is 1. The molecule has 166 valence electrons. The van der Waals surface area contributed by atoms with Crippen LogP contribution in [0.3, 0.4) is 0 Å². The van der Waals surface area contributed by atoms with Crippen LogP contribution in [0, 0.1) is 17.8 Å². The zero-order chi connectivity index (χ0) is 21.6. The summed E-state index contributed by atoms with van der Waals surface area (Å²) in [5.74, 6) is 1.45. The highest BCUT2D eigenvalue weighted by Crippen LogP contribution is 2.57. The van der Waals surface area contributed by atoms with Crippen molar-refractivity contribution in [3.8, 4) is 0 Å². The fourth-order valence-corrected chi connectivity index (χ4v) is 8.00. The van der Waals surface area contributed by atoms with Crippen LogP contribution in [0.4, 0.5) is 5.00 Å². The summed E-state index contributed by atoms with van der Waals surface area (Å²) in [6.07, 6.45) is 7.50. The molecule has 0 spiro atoms. The first kappa shape index (κ1) is 21.0. The van der Waals surface area contributed by atoms with Crippen molar-refractivity contribution in [2.45, 2.75) is 62.7 Å². The Morgan fingerprint density at radius 1 is 1.23 bits per heavy atom. The summed E-state index contributed by atoms with van der Waals surface area (Å²) in [5.41, 5.74) is 0.334. The number of aliphatic imine (C=N–C) groups is 1. The fraction of sp³-hybridized carbons (Fsp3) is 0.636. The van der Waals surface area contributed by atoms with Crippen LogP contribution in [-0.4, -0.2) is 40.3 Å². The van der Waals surface area contributed by atoms with Crippen molar-refractivity contribution < 1.29 is 19.1 Å². The van der Waals surface area contributed by atoms with E-state index in [-0.39, 0.29) is 30.4 Å². The number of hydrogen-bond acceptors (Lipinski definition) is 7. The molecule has 1 aliphatic heterocycles. The largest absolute Gasteiger partial charge is 0.462 e. The van der Waals surface area contributed by atoms with Crippen LogP contribution < -0.4 is 10.6 Å². The van der Waals surface area contributed by atoms with E-state index in [2.05, 4.69) is 10.6 Å². The van der Waals surface area contributed by atoms with Gasteiger partial charge in [-0.1, -0.05) is 11.8 Å². The number of amides is 2. The lowest BCUT2D eigenvalue weighted by molar-refractivity contribution is -0.122. The minimum atomic E-state index is -0.501. The monoisotopic (exact) mass is 461 g/mol. The maximum absolute atomic E-state index is 12.6. The highest BCUT2D eigenvalue weighted by atomic mass is 32.2. The van der Waals surface area contributed by atoms with Crippen molar-refractivity contribution in [3.05, 3.63) is 17.0 Å². The van der Waals surface area contributed by atoms with Crippen molar-refractivity contribution in [1.82, 2.24) is 5.32 Å². The van der Waals surface area contributed by atoms with E-state index in [9.17, 15) is 14.4 Å². The van der Waals surface area contributed by atoms with E-state index in [4.69, 9.17) is 9.73 Å². The number of rotatable bonds is 6. The Morgan fingerprint density at radius 2 is 1.90 bits per heavy atom. The molecular formula is C22H27N3O4S2. The molecule has 5 aliphatic rings. The van der Waals surface area contributed by atoms with Gasteiger partial charge in [0.2, 0.25) is 11.8 Å². The number of hydrogen-bond donors (Lipinski definition) is 2. The van der Waals surface area contributed by atoms with Gasteiger partial charge in [-0.15, -0.1) is 11.3 Å². The van der Waals surface area contributed by atoms with Gasteiger partial charge in [0.1, 0.15) is 10.3 Å². The number of ether oxygens (including phenoxy) is 1. The number of nitrogens with one attached hydrogen (secondary N) is 2. The maximum Gasteiger partial charge on any atom is 0.341 e. The summed E-state index contributed by atoms with van der Waals surface area (Å²) in [6.45, 7) is 2.01. The second kappa shape index (κ2) is 8.24. The van der Waals surface area contributed by atoms with Gasteiger partial charge in [0.15, 0.2) is 5.17 Å². The van der Waals surface area contributed by atoms with Gasteiger partial charge in [0.25, 0.3) is 0 Å². The minimum Gasteiger partial charge on any atom is -0.462 e. The lowest BCUT2D eigenvalue weighted by atomic mass is 9.53. The van der Waals surface area contributed by atoms with Crippen molar-refractivity contribution in [1.29, 1.82) is 0 Å². The molecule has 1 aromatic heterocycles. The van der Waals surface area contributed by atoms with Crippen molar-refractivity contribution in [3.63, 3.8) is 0 Å². The fourth-order valence-electron chi connectivity index (χ4n) is 6.13.